The zero-order chi connectivity index (χ0) is 15.0. The lowest BCUT2D eigenvalue weighted by Gasteiger charge is -2.00. The maximum absolute atomic E-state index is 9.75. The van der Waals surface area contributed by atoms with Gasteiger partial charge in [-0.2, -0.15) is 0 Å². The van der Waals surface area contributed by atoms with Crippen molar-refractivity contribution in [1.29, 1.82) is 0 Å². The van der Waals surface area contributed by atoms with Crippen molar-refractivity contribution in [1.82, 2.24) is 0 Å². The van der Waals surface area contributed by atoms with Gasteiger partial charge in [0, 0.05) is 0 Å². The Labute approximate surface area is 120 Å². The second-order valence-corrected chi connectivity index (χ2v) is 5.80. The van der Waals surface area contributed by atoms with Crippen LogP contribution in [0.15, 0.2) is 0 Å². The van der Waals surface area contributed by atoms with Crippen LogP contribution in [0.3, 0.4) is 0 Å². The molecule has 118 valence electrons. The van der Waals surface area contributed by atoms with E-state index in [0.717, 1.165) is 0 Å². The first-order chi connectivity index (χ1) is 8.91. The monoisotopic (exact) mass is 304 g/mol. The summed E-state index contributed by atoms with van der Waals surface area (Å²) in [5, 5.41) is 0. The van der Waals surface area contributed by atoms with Gasteiger partial charge in [-0.3, -0.25) is 0 Å². The maximum Gasteiger partial charge on any atom is 0.673 e. The predicted molar refractivity (Wildman–Crippen MR) is 81.6 cm³/mol. The van der Waals surface area contributed by atoms with E-state index in [9.17, 15) is 17.3 Å². The molecule has 19 heavy (non-hydrogen) atoms. The molecule has 0 atom stereocenters. The van der Waals surface area contributed by atoms with Crippen molar-refractivity contribution in [2.75, 3.05) is 12.0 Å². The van der Waals surface area contributed by atoms with Crippen LogP contribution in [0.5, 0.6) is 0 Å². The van der Waals surface area contributed by atoms with Crippen LogP contribution < -0.4 is 0 Å². The van der Waals surface area contributed by atoms with Gasteiger partial charge in [0.1, 0.15) is 5.75 Å². The highest BCUT2D eigenvalue weighted by Gasteiger charge is 2.20. The molecule has 0 aromatic rings. The van der Waals surface area contributed by atoms with E-state index in [2.05, 4.69) is 13.2 Å². The number of hydrogen-bond acceptors (Lipinski definition) is 0. The van der Waals surface area contributed by atoms with Gasteiger partial charge in [0.05, 0.1) is 6.26 Å². The zero-order valence-electron chi connectivity index (χ0n) is 12.3. The molecule has 0 spiro atoms. The Morgan fingerprint density at radius 1 is 0.684 bits per heavy atom. The summed E-state index contributed by atoms with van der Waals surface area (Å²) in [7, 11) is -6.00. The Hall–Kier alpha value is 0.135. The fraction of sp³-hybridized carbons (Fsp3) is 1.00. The predicted octanol–water partition coefficient (Wildman–Crippen LogP) is 5.65. The molecule has 0 amide bonds. The Kier molecular flexibility index (Phi) is 18.3. The van der Waals surface area contributed by atoms with Crippen LogP contribution in [-0.4, -0.2) is 19.3 Å². The van der Waals surface area contributed by atoms with E-state index in [0.29, 0.717) is 0 Å². The summed E-state index contributed by atoms with van der Waals surface area (Å²) >= 11 is 1.57. The third-order valence-corrected chi connectivity index (χ3v) is 3.50. The molecule has 0 N–H and O–H groups in total. The summed E-state index contributed by atoms with van der Waals surface area (Å²) in [5.41, 5.74) is 0. The van der Waals surface area contributed by atoms with Crippen LogP contribution in [0.1, 0.15) is 71.1 Å². The molecule has 0 fully saturated rings. The average Bonchev–Trinajstić information content (AvgIpc) is 2.29. The highest BCUT2D eigenvalue weighted by molar-refractivity contribution is 7.77. The summed E-state index contributed by atoms with van der Waals surface area (Å²) in [5.74, 6) is 1.41. The molecule has 0 unspecified atom stereocenters. The van der Waals surface area contributed by atoms with Gasteiger partial charge in [0.2, 0.25) is 0 Å². The largest absolute Gasteiger partial charge is 0.673 e. The molecule has 0 aromatic heterocycles. The van der Waals surface area contributed by atoms with E-state index < -0.39 is 7.25 Å². The first-order valence-electron chi connectivity index (χ1n) is 7.34. The van der Waals surface area contributed by atoms with Gasteiger partial charge >= 0.3 is 7.25 Å². The van der Waals surface area contributed by atoms with E-state index in [1.165, 1.54) is 70.0 Å². The Morgan fingerprint density at radius 2 is 1.00 bits per heavy atom. The molecular formula is C13H29BF4S. The van der Waals surface area contributed by atoms with Gasteiger partial charge in [0.25, 0.3) is 0 Å². The molecule has 0 heterocycles. The van der Waals surface area contributed by atoms with E-state index in [-0.39, 0.29) is 0 Å². The lowest BCUT2D eigenvalue weighted by molar-refractivity contribution is 0.368. The van der Waals surface area contributed by atoms with Crippen LogP contribution in [0.4, 0.5) is 17.3 Å². The van der Waals surface area contributed by atoms with E-state index in [1.807, 2.05) is 0 Å². The Balaban J connectivity index is 0. The molecule has 0 aromatic carbocycles. The van der Waals surface area contributed by atoms with Crippen LogP contribution in [0.2, 0.25) is 0 Å². The molecule has 0 rings (SSSR count). The SMILES string of the molecule is CCCCCCCCCCCC[SH+]C.F[B-](F)(F)F. The molecule has 6 heteroatoms. The van der Waals surface area contributed by atoms with Crippen LogP contribution >= 0.6 is 0 Å². The Morgan fingerprint density at radius 3 is 1.32 bits per heavy atom. The van der Waals surface area contributed by atoms with Crippen molar-refractivity contribution >= 4 is 19.0 Å². The third-order valence-electron chi connectivity index (χ3n) is 2.74. The van der Waals surface area contributed by atoms with Crippen LogP contribution in [-0.2, 0) is 11.8 Å². The first-order valence-corrected chi connectivity index (χ1v) is 8.87. The van der Waals surface area contributed by atoms with Gasteiger partial charge in [0.15, 0.2) is 0 Å². The number of hydrogen-bond donors (Lipinski definition) is 0. The number of unbranched alkanes of at least 4 members (excludes halogenated alkanes) is 9. The second-order valence-electron chi connectivity index (χ2n) is 4.72. The molecule has 0 aliphatic carbocycles. The van der Waals surface area contributed by atoms with E-state index >= 15 is 0 Å². The van der Waals surface area contributed by atoms with Crippen molar-refractivity contribution in [2.45, 2.75) is 71.1 Å². The van der Waals surface area contributed by atoms with E-state index in [1.54, 1.807) is 11.8 Å². The van der Waals surface area contributed by atoms with Crippen molar-refractivity contribution < 1.29 is 17.3 Å². The fourth-order valence-corrected chi connectivity index (χ4v) is 2.30. The van der Waals surface area contributed by atoms with Gasteiger partial charge in [-0.05, 0) is 24.6 Å². The first kappa shape index (κ1) is 21.4. The lowest BCUT2D eigenvalue weighted by atomic mass is 10.1. The molecule has 0 bridgehead atoms. The molecule has 0 saturated carbocycles. The zero-order valence-corrected chi connectivity index (χ0v) is 13.2. The van der Waals surface area contributed by atoms with E-state index in [4.69, 9.17) is 0 Å². The quantitative estimate of drug-likeness (QED) is 0.152. The van der Waals surface area contributed by atoms with Gasteiger partial charge < -0.3 is 17.3 Å². The molecule has 0 saturated heterocycles. The van der Waals surface area contributed by atoms with Crippen molar-refractivity contribution in [2.24, 2.45) is 0 Å². The van der Waals surface area contributed by atoms with Gasteiger partial charge in [-0.1, -0.05) is 58.3 Å². The van der Waals surface area contributed by atoms with Crippen molar-refractivity contribution in [3.8, 4) is 0 Å². The summed E-state index contributed by atoms with van der Waals surface area (Å²) in [6.45, 7) is 2.28. The maximum atomic E-state index is 9.75. The van der Waals surface area contributed by atoms with Crippen LogP contribution in [0, 0.1) is 0 Å². The summed E-state index contributed by atoms with van der Waals surface area (Å²) in [6, 6.07) is 0. The molecule has 0 radical (unpaired) electrons. The smallest absolute Gasteiger partial charge is 0.418 e. The fourth-order valence-electron chi connectivity index (χ4n) is 1.76. The number of thiol groups is 1. The standard InChI is InChI=1S/C13H28S.BF4/c1-3-4-5-6-7-8-9-10-11-12-13-14-2;2-1(3,4)5/h3-13H2,1-2H3;/q;-1/p+1. The number of halogens is 4. The third kappa shape index (κ3) is 38.1. The highest BCUT2D eigenvalue weighted by atomic mass is 32.2. The number of rotatable bonds is 11. The minimum absolute atomic E-state index is 1.37. The molecule has 0 aliphatic heterocycles. The Bertz CT molecular complexity index is 147. The molecular weight excluding hydrogens is 275 g/mol. The minimum Gasteiger partial charge on any atom is -0.418 e. The van der Waals surface area contributed by atoms with Crippen molar-refractivity contribution in [3.63, 3.8) is 0 Å². The summed E-state index contributed by atoms with van der Waals surface area (Å²) in [4.78, 5) is 0. The average molecular weight is 304 g/mol. The molecule has 0 nitrogen and oxygen atoms in total. The topological polar surface area (TPSA) is 0 Å². The van der Waals surface area contributed by atoms with Gasteiger partial charge in [-0.25, -0.2) is 0 Å². The highest BCUT2D eigenvalue weighted by Crippen LogP contribution is 2.10. The lowest BCUT2D eigenvalue weighted by Crippen LogP contribution is -2.02. The van der Waals surface area contributed by atoms with Crippen LogP contribution in [0.25, 0.3) is 0 Å². The minimum atomic E-state index is -6.00. The van der Waals surface area contributed by atoms with Gasteiger partial charge in [-0.15, -0.1) is 0 Å². The van der Waals surface area contributed by atoms with Crippen molar-refractivity contribution in [3.05, 3.63) is 0 Å². The summed E-state index contributed by atoms with van der Waals surface area (Å²) in [6.07, 6.45) is 16.8. The summed E-state index contributed by atoms with van der Waals surface area (Å²) < 4.78 is 39.0. The molecule has 0 aliphatic rings. The second kappa shape index (κ2) is 16.2. The normalized spacial score (nSPS) is 11.1.